The number of carbonyl (C=O) groups is 1. The van der Waals surface area contributed by atoms with E-state index in [1.165, 1.54) is 0 Å². The molecule has 0 aliphatic heterocycles. The Kier molecular flexibility index (Phi) is 5.46. The molecule has 0 fully saturated rings. The molecule has 1 aromatic carbocycles. The zero-order chi connectivity index (χ0) is 13.4. The Bertz CT molecular complexity index is 472. The van der Waals surface area contributed by atoms with Gasteiger partial charge in [0.15, 0.2) is 5.57 Å². The first-order chi connectivity index (χ1) is 8.70. The number of nitriles is 1. The average Bonchev–Trinajstić information content (AvgIpc) is 2.41. The number of nitrogens with one attached hydrogen (secondary N) is 1. The van der Waals surface area contributed by atoms with E-state index in [4.69, 9.17) is 5.26 Å². The van der Waals surface area contributed by atoms with Crippen LogP contribution in [-0.2, 0) is 4.79 Å². The summed E-state index contributed by atoms with van der Waals surface area (Å²) >= 11 is 0. The Morgan fingerprint density at radius 1 is 1.39 bits per heavy atom. The third-order valence-electron chi connectivity index (χ3n) is 2.44. The van der Waals surface area contributed by atoms with Crippen molar-refractivity contribution in [2.24, 2.45) is 0 Å². The molecule has 4 heteroatoms. The normalized spacial score (nSPS) is 11.3. The molecule has 0 aliphatic rings. The monoisotopic (exact) mass is 244 g/mol. The standard InChI is InChI=1S/C14H16N2O2/c1-2-3-9-16-14(18)12(10-15)13(17)11-7-5-4-6-8-11/h4-8,17H,2-3,9H2,1H3,(H,16,18)/b13-12+. The first kappa shape index (κ1) is 13.8. The van der Waals surface area contributed by atoms with Gasteiger partial charge in [0, 0.05) is 12.1 Å². The minimum atomic E-state index is -0.535. The van der Waals surface area contributed by atoms with Crippen molar-refractivity contribution in [2.75, 3.05) is 6.54 Å². The summed E-state index contributed by atoms with van der Waals surface area (Å²) in [6, 6.07) is 10.3. The second kappa shape index (κ2) is 7.13. The first-order valence-corrected chi connectivity index (χ1v) is 5.87. The van der Waals surface area contributed by atoms with E-state index in [2.05, 4.69) is 5.32 Å². The Balaban J connectivity index is 2.88. The summed E-state index contributed by atoms with van der Waals surface area (Å²) in [5.74, 6) is -0.820. The third kappa shape index (κ3) is 3.63. The summed E-state index contributed by atoms with van der Waals surface area (Å²) < 4.78 is 0. The summed E-state index contributed by atoms with van der Waals surface area (Å²) in [5.41, 5.74) is 0.206. The first-order valence-electron chi connectivity index (χ1n) is 5.87. The molecule has 0 bridgehead atoms. The number of nitrogens with zero attached hydrogens (tertiary/aromatic N) is 1. The van der Waals surface area contributed by atoms with Gasteiger partial charge in [-0.25, -0.2) is 0 Å². The summed E-state index contributed by atoms with van der Waals surface area (Å²) in [5, 5.41) is 21.5. The van der Waals surface area contributed by atoms with Gasteiger partial charge in [-0.2, -0.15) is 5.26 Å². The highest BCUT2D eigenvalue weighted by Gasteiger charge is 2.15. The second-order valence-electron chi connectivity index (χ2n) is 3.81. The summed E-state index contributed by atoms with van der Waals surface area (Å²) in [6.07, 6.45) is 1.80. The Morgan fingerprint density at radius 2 is 2.06 bits per heavy atom. The highest BCUT2D eigenvalue weighted by Crippen LogP contribution is 2.15. The minimum Gasteiger partial charge on any atom is -0.506 e. The lowest BCUT2D eigenvalue weighted by Crippen LogP contribution is -2.26. The fraction of sp³-hybridized carbons (Fsp3) is 0.286. The number of hydrogen-bond acceptors (Lipinski definition) is 3. The van der Waals surface area contributed by atoms with Gasteiger partial charge in [-0.3, -0.25) is 4.79 Å². The smallest absolute Gasteiger partial charge is 0.265 e. The number of aliphatic hydroxyl groups is 1. The van der Waals surface area contributed by atoms with Gasteiger partial charge in [0.1, 0.15) is 11.8 Å². The van der Waals surface area contributed by atoms with Crippen LogP contribution in [0.1, 0.15) is 25.3 Å². The van der Waals surface area contributed by atoms with Crippen molar-refractivity contribution >= 4 is 11.7 Å². The molecule has 0 radical (unpaired) electrons. The molecule has 1 rings (SSSR count). The van der Waals surface area contributed by atoms with E-state index in [1.807, 2.05) is 6.92 Å². The molecule has 0 saturated heterocycles. The van der Waals surface area contributed by atoms with E-state index in [9.17, 15) is 9.90 Å². The van der Waals surface area contributed by atoms with Gasteiger partial charge < -0.3 is 10.4 Å². The molecule has 18 heavy (non-hydrogen) atoms. The lowest BCUT2D eigenvalue weighted by atomic mass is 10.1. The zero-order valence-corrected chi connectivity index (χ0v) is 10.3. The van der Waals surface area contributed by atoms with Crippen molar-refractivity contribution in [3.63, 3.8) is 0 Å². The van der Waals surface area contributed by atoms with Crippen LogP contribution in [-0.4, -0.2) is 17.6 Å². The molecular weight excluding hydrogens is 228 g/mol. The lowest BCUT2D eigenvalue weighted by molar-refractivity contribution is -0.117. The maximum atomic E-state index is 11.7. The van der Waals surface area contributed by atoms with Crippen LogP contribution in [0.4, 0.5) is 0 Å². The zero-order valence-electron chi connectivity index (χ0n) is 10.3. The summed E-state index contributed by atoms with van der Waals surface area (Å²) in [6.45, 7) is 2.51. The van der Waals surface area contributed by atoms with Crippen molar-refractivity contribution in [3.05, 3.63) is 41.5 Å². The molecule has 2 N–H and O–H groups in total. The van der Waals surface area contributed by atoms with Gasteiger partial charge >= 0.3 is 0 Å². The molecule has 94 valence electrons. The predicted molar refractivity (Wildman–Crippen MR) is 69.5 cm³/mol. The topological polar surface area (TPSA) is 73.1 Å². The fourth-order valence-corrected chi connectivity index (χ4v) is 1.42. The van der Waals surface area contributed by atoms with Crippen LogP contribution < -0.4 is 5.32 Å². The van der Waals surface area contributed by atoms with Gasteiger partial charge in [0.05, 0.1) is 0 Å². The minimum absolute atomic E-state index is 0.252. The number of rotatable bonds is 5. The number of unbranched alkanes of at least 4 members (excludes halogenated alkanes) is 1. The van der Waals surface area contributed by atoms with E-state index in [-0.39, 0.29) is 11.3 Å². The van der Waals surface area contributed by atoms with Crippen LogP contribution in [0, 0.1) is 11.3 Å². The molecular formula is C14H16N2O2. The van der Waals surface area contributed by atoms with E-state index in [0.29, 0.717) is 12.1 Å². The van der Waals surface area contributed by atoms with Gasteiger partial charge in [-0.15, -0.1) is 0 Å². The Morgan fingerprint density at radius 3 is 2.61 bits per heavy atom. The highest BCUT2D eigenvalue weighted by molar-refractivity contribution is 6.03. The van der Waals surface area contributed by atoms with Crippen molar-refractivity contribution in [2.45, 2.75) is 19.8 Å². The Labute approximate surface area is 107 Å². The molecule has 0 aromatic heterocycles. The third-order valence-corrected chi connectivity index (χ3v) is 2.44. The number of aliphatic hydroxyl groups excluding tert-OH is 1. The summed E-state index contributed by atoms with van der Waals surface area (Å²) in [4.78, 5) is 11.7. The maximum Gasteiger partial charge on any atom is 0.265 e. The summed E-state index contributed by atoms with van der Waals surface area (Å²) in [7, 11) is 0. The van der Waals surface area contributed by atoms with Crippen molar-refractivity contribution in [3.8, 4) is 6.07 Å². The average molecular weight is 244 g/mol. The van der Waals surface area contributed by atoms with Crippen LogP contribution in [0.25, 0.3) is 5.76 Å². The van der Waals surface area contributed by atoms with Gasteiger partial charge in [-0.1, -0.05) is 43.7 Å². The van der Waals surface area contributed by atoms with Gasteiger partial charge in [0.25, 0.3) is 5.91 Å². The van der Waals surface area contributed by atoms with Crippen molar-refractivity contribution < 1.29 is 9.90 Å². The highest BCUT2D eigenvalue weighted by atomic mass is 16.3. The van der Waals surface area contributed by atoms with Crippen LogP contribution in [0.5, 0.6) is 0 Å². The van der Waals surface area contributed by atoms with Gasteiger partial charge in [-0.05, 0) is 6.42 Å². The number of hydrogen-bond donors (Lipinski definition) is 2. The molecule has 1 amide bonds. The van der Waals surface area contributed by atoms with Crippen LogP contribution in [0.2, 0.25) is 0 Å². The maximum absolute atomic E-state index is 11.7. The molecule has 4 nitrogen and oxygen atoms in total. The van der Waals surface area contributed by atoms with E-state index in [0.717, 1.165) is 12.8 Å². The van der Waals surface area contributed by atoms with E-state index in [1.54, 1.807) is 36.4 Å². The number of benzene rings is 1. The van der Waals surface area contributed by atoms with Crippen LogP contribution in [0.15, 0.2) is 35.9 Å². The number of amides is 1. The van der Waals surface area contributed by atoms with E-state index >= 15 is 0 Å². The van der Waals surface area contributed by atoms with Crippen LogP contribution in [0.3, 0.4) is 0 Å². The second-order valence-corrected chi connectivity index (χ2v) is 3.81. The molecule has 0 heterocycles. The molecule has 0 saturated carbocycles. The molecule has 0 unspecified atom stereocenters. The Hall–Kier alpha value is -2.28. The number of carbonyl (C=O) groups excluding carboxylic acids is 1. The predicted octanol–water partition coefficient (Wildman–Crippen LogP) is 2.40. The van der Waals surface area contributed by atoms with Gasteiger partial charge in [0.2, 0.25) is 0 Å². The molecule has 0 aliphatic carbocycles. The molecule has 0 spiro atoms. The lowest BCUT2D eigenvalue weighted by Gasteiger charge is -2.05. The van der Waals surface area contributed by atoms with E-state index < -0.39 is 5.91 Å². The molecule has 0 atom stereocenters. The van der Waals surface area contributed by atoms with Crippen molar-refractivity contribution in [1.82, 2.24) is 5.32 Å². The SMILES string of the molecule is CCCCNC(=O)/C(C#N)=C(/O)c1ccccc1. The fourth-order valence-electron chi connectivity index (χ4n) is 1.42. The largest absolute Gasteiger partial charge is 0.506 e. The molecule has 1 aromatic rings. The quantitative estimate of drug-likeness (QED) is 0.361. The van der Waals surface area contributed by atoms with Crippen molar-refractivity contribution in [1.29, 1.82) is 5.26 Å². The van der Waals surface area contributed by atoms with Crippen LogP contribution >= 0.6 is 0 Å².